The van der Waals surface area contributed by atoms with Crippen molar-refractivity contribution in [3.8, 4) is 11.1 Å². The number of hydrogen-bond acceptors (Lipinski definition) is 2. The van der Waals surface area contributed by atoms with Crippen molar-refractivity contribution in [2.45, 2.75) is 57.3 Å². The van der Waals surface area contributed by atoms with Crippen molar-refractivity contribution in [2.24, 2.45) is 0 Å². The van der Waals surface area contributed by atoms with E-state index in [9.17, 15) is 4.79 Å². The Morgan fingerprint density at radius 2 is 1.33 bits per heavy atom. The van der Waals surface area contributed by atoms with Gasteiger partial charge in [0.2, 0.25) is 0 Å². The van der Waals surface area contributed by atoms with Gasteiger partial charge in [-0.3, -0.25) is 4.79 Å². The van der Waals surface area contributed by atoms with Crippen molar-refractivity contribution in [1.29, 1.82) is 0 Å². The average molecular weight is 341 g/mol. The standard InChI is InChI=1S/C22H28OS/c1-3-4-5-6-7-8-17-24-22-15-13-21(14-16-22)20-11-9-19(10-12-20)18(2)23/h9-16H,3-8,17H2,1-2H3. The van der Waals surface area contributed by atoms with Crippen LogP contribution >= 0.6 is 11.8 Å². The normalized spacial score (nSPS) is 10.8. The summed E-state index contributed by atoms with van der Waals surface area (Å²) in [6.45, 7) is 3.86. The van der Waals surface area contributed by atoms with Crippen molar-refractivity contribution >= 4 is 17.5 Å². The molecule has 0 aliphatic heterocycles. The lowest BCUT2D eigenvalue weighted by atomic mass is 10.0. The molecule has 0 bridgehead atoms. The molecule has 24 heavy (non-hydrogen) atoms. The highest BCUT2D eigenvalue weighted by Gasteiger charge is 2.02. The first-order valence-corrected chi connectivity index (χ1v) is 10.0. The summed E-state index contributed by atoms with van der Waals surface area (Å²) in [5.41, 5.74) is 3.13. The third kappa shape index (κ3) is 6.16. The first-order chi connectivity index (χ1) is 11.7. The van der Waals surface area contributed by atoms with Crippen LogP contribution in [0.5, 0.6) is 0 Å². The second kappa shape index (κ2) is 10.4. The van der Waals surface area contributed by atoms with Gasteiger partial charge in [0.1, 0.15) is 0 Å². The lowest BCUT2D eigenvalue weighted by Gasteiger charge is -2.06. The van der Waals surface area contributed by atoms with Crippen LogP contribution in [0.25, 0.3) is 11.1 Å². The Kier molecular flexibility index (Phi) is 8.11. The molecule has 0 heterocycles. The van der Waals surface area contributed by atoms with Gasteiger partial charge >= 0.3 is 0 Å². The molecule has 0 aliphatic carbocycles. The third-order valence-electron chi connectivity index (χ3n) is 4.25. The van der Waals surface area contributed by atoms with Crippen molar-refractivity contribution in [3.05, 3.63) is 54.1 Å². The molecule has 0 aromatic heterocycles. The van der Waals surface area contributed by atoms with E-state index >= 15 is 0 Å². The van der Waals surface area contributed by atoms with Gasteiger partial charge in [0, 0.05) is 10.5 Å². The van der Waals surface area contributed by atoms with E-state index in [2.05, 4.69) is 31.2 Å². The number of rotatable bonds is 10. The molecule has 0 radical (unpaired) electrons. The molecular formula is C22H28OS. The molecule has 0 spiro atoms. The maximum absolute atomic E-state index is 11.3. The molecule has 0 saturated heterocycles. The first kappa shape index (κ1) is 18.8. The van der Waals surface area contributed by atoms with Crippen molar-refractivity contribution in [2.75, 3.05) is 5.75 Å². The van der Waals surface area contributed by atoms with Gasteiger partial charge in [-0.2, -0.15) is 0 Å². The van der Waals surface area contributed by atoms with Crippen LogP contribution in [-0.2, 0) is 0 Å². The Hall–Kier alpha value is -1.54. The predicted molar refractivity (Wildman–Crippen MR) is 106 cm³/mol. The Labute approximate surface area is 150 Å². The zero-order valence-electron chi connectivity index (χ0n) is 14.9. The van der Waals surface area contributed by atoms with E-state index in [1.807, 2.05) is 36.0 Å². The van der Waals surface area contributed by atoms with Crippen molar-refractivity contribution < 1.29 is 4.79 Å². The Morgan fingerprint density at radius 3 is 1.92 bits per heavy atom. The van der Waals surface area contributed by atoms with Gasteiger partial charge in [0.25, 0.3) is 0 Å². The molecule has 0 unspecified atom stereocenters. The molecule has 0 N–H and O–H groups in total. The minimum absolute atomic E-state index is 0.114. The smallest absolute Gasteiger partial charge is 0.159 e. The van der Waals surface area contributed by atoms with Crippen LogP contribution in [0.3, 0.4) is 0 Å². The van der Waals surface area contributed by atoms with Gasteiger partial charge < -0.3 is 0 Å². The van der Waals surface area contributed by atoms with Crippen LogP contribution in [0, 0.1) is 0 Å². The highest BCUT2D eigenvalue weighted by atomic mass is 32.2. The summed E-state index contributed by atoms with van der Waals surface area (Å²) >= 11 is 1.95. The molecule has 2 aromatic carbocycles. The number of unbranched alkanes of at least 4 members (excludes halogenated alkanes) is 5. The van der Waals surface area contributed by atoms with E-state index in [1.165, 1.54) is 54.7 Å². The molecule has 0 saturated carbocycles. The van der Waals surface area contributed by atoms with Gasteiger partial charge in [-0.1, -0.05) is 75.4 Å². The number of benzene rings is 2. The van der Waals surface area contributed by atoms with E-state index in [1.54, 1.807) is 6.92 Å². The molecule has 0 atom stereocenters. The van der Waals surface area contributed by atoms with E-state index < -0.39 is 0 Å². The molecule has 0 amide bonds. The van der Waals surface area contributed by atoms with E-state index in [-0.39, 0.29) is 5.78 Å². The number of carbonyl (C=O) groups excluding carboxylic acids is 1. The summed E-state index contributed by atoms with van der Waals surface area (Å²) in [7, 11) is 0. The predicted octanol–water partition coefficient (Wildman–Crippen LogP) is 7.01. The Bertz CT molecular complexity index is 613. The number of Topliss-reactive ketones (excluding diaryl/α,β-unsaturated/α-hetero) is 1. The van der Waals surface area contributed by atoms with Crippen LogP contribution in [0.1, 0.15) is 62.7 Å². The van der Waals surface area contributed by atoms with Gasteiger partial charge in [0.05, 0.1) is 0 Å². The minimum Gasteiger partial charge on any atom is -0.295 e. The molecule has 0 aliphatic rings. The van der Waals surface area contributed by atoms with Gasteiger partial charge in [-0.25, -0.2) is 0 Å². The lowest BCUT2D eigenvalue weighted by Crippen LogP contribution is -1.90. The Balaban J connectivity index is 1.79. The fraction of sp³-hybridized carbons (Fsp3) is 0.409. The molecule has 2 aromatic rings. The highest BCUT2D eigenvalue weighted by molar-refractivity contribution is 7.99. The minimum atomic E-state index is 0.114. The number of thioether (sulfide) groups is 1. The van der Waals surface area contributed by atoms with Crippen molar-refractivity contribution in [3.63, 3.8) is 0 Å². The van der Waals surface area contributed by atoms with E-state index in [4.69, 9.17) is 0 Å². The van der Waals surface area contributed by atoms with Gasteiger partial charge in [-0.05, 0) is 42.4 Å². The van der Waals surface area contributed by atoms with Crippen LogP contribution in [0.15, 0.2) is 53.4 Å². The first-order valence-electron chi connectivity index (χ1n) is 9.05. The second-order valence-corrected chi connectivity index (χ2v) is 7.44. The average Bonchev–Trinajstić information content (AvgIpc) is 2.61. The monoisotopic (exact) mass is 340 g/mol. The topological polar surface area (TPSA) is 17.1 Å². The van der Waals surface area contributed by atoms with E-state index in [0.29, 0.717) is 0 Å². The molecule has 128 valence electrons. The molecule has 0 fully saturated rings. The maximum atomic E-state index is 11.3. The summed E-state index contributed by atoms with van der Waals surface area (Å²) in [4.78, 5) is 12.7. The quantitative estimate of drug-likeness (QED) is 0.263. The number of ketones is 1. The zero-order valence-corrected chi connectivity index (χ0v) is 15.7. The third-order valence-corrected chi connectivity index (χ3v) is 5.34. The largest absolute Gasteiger partial charge is 0.295 e. The summed E-state index contributed by atoms with van der Waals surface area (Å²) in [6, 6.07) is 16.6. The summed E-state index contributed by atoms with van der Waals surface area (Å²) in [5, 5.41) is 0. The summed E-state index contributed by atoms with van der Waals surface area (Å²) < 4.78 is 0. The highest BCUT2D eigenvalue weighted by Crippen LogP contribution is 2.25. The zero-order chi connectivity index (χ0) is 17.2. The lowest BCUT2D eigenvalue weighted by molar-refractivity contribution is 0.101. The molecule has 2 heteroatoms. The molecular weight excluding hydrogens is 312 g/mol. The summed E-state index contributed by atoms with van der Waals surface area (Å²) in [6.07, 6.45) is 8.12. The van der Waals surface area contributed by atoms with E-state index in [0.717, 1.165) is 11.1 Å². The maximum Gasteiger partial charge on any atom is 0.159 e. The van der Waals surface area contributed by atoms with Gasteiger partial charge in [0.15, 0.2) is 5.78 Å². The fourth-order valence-electron chi connectivity index (χ4n) is 2.71. The van der Waals surface area contributed by atoms with Crippen LogP contribution in [-0.4, -0.2) is 11.5 Å². The summed E-state index contributed by atoms with van der Waals surface area (Å²) in [5.74, 6) is 1.32. The Morgan fingerprint density at radius 1 is 0.792 bits per heavy atom. The van der Waals surface area contributed by atoms with Crippen LogP contribution in [0.4, 0.5) is 0 Å². The molecule has 1 nitrogen and oxygen atoms in total. The molecule has 2 rings (SSSR count). The van der Waals surface area contributed by atoms with Crippen LogP contribution < -0.4 is 0 Å². The van der Waals surface area contributed by atoms with Gasteiger partial charge in [-0.15, -0.1) is 11.8 Å². The van der Waals surface area contributed by atoms with Crippen LogP contribution in [0.2, 0.25) is 0 Å². The van der Waals surface area contributed by atoms with Crippen molar-refractivity contribution in [1.82, 2.24) is 0 Å². The fourth-order valence-corrected chi connectivity index (χ4v) is 3.63. The SMILES string of the molecule is CCCCCCCCSc1ccc(-c2ccc(C(C)=O)cc2)cc1. The number of carbonyl (C=O) groups is 1. The second-order valence-electron chi connectivity index (χ2n) is 6.27. The number of hydrogen-bond donors (Lipinski definition) is 0.